The van der Waals surface area contributed by atoms with Crippen LogP contribution in [0.2, 0.25) is 0 Å². The van der Waals surface area contributed by atoms with Crippen molar-refractivity contribution in [3.05, 3.63) is 200 Å². The molecule has 50 heteroatoms. The fourth-order valence-electron chi connectivity index (χ4n) is 10.5. The van der Waals surface area contributed by atoms with Gasteiger partial charge in [0, 0.05) is 55.3 Å². The van der Waals surface area contributed by atoms with Crippen LogP contribution in [-0.4, -0.2) is 187 Å². The maximum atomic E-state index is 13.1. The molecule has 3 fully saturated rings. The third-order valence-corrected chi connectivity index (χ3v) is 21.8. The number of aromatic nitrogens is 8. The number of hydrogen-bond acceptors (Lipinski definition) is 28. The van der Waals surface area contributed by atoms with E-state index >= 15 is 0 Å². The zero-order chi connectivity index (χ0) is 76.1. The molecule has 7 aromatic rings. The van der Waals surface area contributed by atoms with E-state index in [1.54, 1.807) is 24.3 Å². The minimum Gasteiger partial charge on any atom is -0.387 e. The van der Waals surface area contributed by atoms with Crippen LogP contribution in [0.1, 0.15) is 46.6 Å². The molecule has 566 valence electrons. The summed E-state index contributed by atoms with van der Waals surface area (Å²) in [5.41, 5.74) is 0.549. The Kier molecular flexibility index (Phi) is 26.8. The first-order valence-electron chi connectivity index (χ1n) is 29.7. The van der Waals surface area contributed by atoms with Gasteiger partial charge in [0.05, 0.1) is 37.6 Å². The minimum absolute atomic E-state index is 0.0350. The van der Waals surface area contributed by atoms with Crippen molar-refractivity contribution in [2.24, 2.45) is 0 Å². The van der Waals surface area contributed by atoms with E-state index in [-0.39, 0.29) is 19.6 Å². The molecule has 3 aliphatic rings. The van der Waals surface area contributed by atoms with Crippen LogP contribution in [0.25, 0.3) is 10.9 Å². The molecule has 6 unspecified atom stereocenters. The van der Waals surface area contributed by atoms with E-state index in [0.717, 1.165) is 86.4 Å². The Morgan fingerprint density at radius 2 is 0.835 bits per heavy atom. The fourth-order valence-corrected chi connectivity index (χ4v) is 15.3. The number of rotatable bonds is 26. The zero-order valence-electron chi connectivity index (χ0n) is 53.1. The van der Waals surface area contributed by atoms with Gasteiger partial charge >= 0.3 is 64.0 Å². The van der Waals surface area contributed by atoms with Gasteiger partial charge in [0.25, 0.3) is 16.7 Å². The summed E-state index contributed by atoms with van der Waals surface area (Å²) >= 11 is 0. The molecule has 4 aromatic heterocycles. The molecule has 0 spiro atoms. The second-order valence-corrected chi connectivity index (χ2v) is 31.2. The summed E-state index contributed by atoms with van der Waals surface area (Å²) in [6, 6.07) is 25.2. The molecule has 0 aliphatic carbocycles. The maximum Gasteiger partial charge on any atom is 0.481 e. The smallest absolute Gasteiger partial charge is 0.387 e. The second kappa shape index (κ2) is 33.6. The van der Waals surface area contributed by atoms with E-state index in [0.29, 0.717) is 29.4 Å². The van der Waals surface area contributed by atoms with Crippen molar-refractivity contribution < 1.29 is 143 Å². The molecule has 44 nitrogen and oxygen atoms in total. The summed E-state index contributed by atoms with van der Waals surface area (Å²) in [5, 5.41) is 69.3. The Balaban J connectivity index is 0.000000196. The lowest BCUT2D eigenvalue weighted by atomic mass is 10.1. The van der Waals surface area contributed by atoms with E-state index in [4.69, 9.17) is 43.6 Å². The van der Waals surface area contributed by atoms with Crippen LogP contribution in [0.5, 0.6) is 0 Å². The molecule has 0 saturated carbocycles. The van der Waals surface area contributed by atoms with Gasteiger partial charge in [0.15, 0.2) is 18.7 Å². The van der Waals surface area contributed by atoms with Crippen LogP contribution >= 0.6 is 46.9 Å². The summed E-state index contributed by atoms with van der Waals surface area (Å²) < 4.78 is 113. The number of aliphatic hydroxyl groups is 6. The lowest BCUT2D eigenvalue weighted by Crippen LogP contribution is -2.43. The summed E-state index contributed by atoms with van der Waals surface area (Å²) in [6.07, 6.45) is -15.3. The first kappa shape index (κ1) is 82.2. The Morgan fingerprint density at radius 1 is 0.456 bits per heavy atom. The van der Waals surface area contributed by atoms with Crippen molar-refractivity contribution in [2.75, 3.05) is 19.8 Å². The molecule has 0 amide bonds. The Morgan fingerprint density at radius 3 is 1.24 bits per heavy atom. The molecule has 16 N–H and O–H groups in total. The largest absolute Gasteiger partial charge is 0.481 e. The van der Waals surface area contributed by atoms with Crippen molar-refractivity contribution in [2.45, 2.75) is 120 Å². The van der Waals surface area contributed by atoms with E-state index in [1.807, 2.05) is 62.4 Å². The minimum atomic E-state index is -5.37. The fraction of sp³-hybridized carbons (Fsp3) is 0.415. The summed E-state index contributed by atoms with van der Waals surface area (Å²) in [6.45, 7) is 0.922. The molecule has 7 heterocycles. The van der Waals surface area contributed by atoms with Crippen molar-refractivity contribution in [1.29, 1.82) is 0 Å². The Hall–Kier alpha value is -6.41. The van der Waals surface area contributed by atoms with Gasteiger partial charge in [-0.2, -0.15) is 18.0 Å². The highest BCUT2D eigenvalue weighted by molar-refractivity contribution is 7.61. The highest BCUT2D eigenvalue weighted by Gasteiger charge is 2.49. The summed E-state index contributed by atoms with van der Waals surface area (Å²) in [5.74, 6) is 0. The molecule has 3 saturated heterocycles. The number of aliphatic hydroxyl groups excluding tert-OH is 6. The van der Waals surface area contributed by atoms with Gasteiger partial charge in [0.2, 0.25) is 0 Å². The number of phosphoric ester groups is 3. The lowest BCUT2D eigenvalue weighted by molar-refractivity contribution is -0.0548. The summed E-state index contributed by atoms with van der Waals surface area (Å²) in [4.78, 5) is 156. The predicted octanol–water partition coefficient (Wildman–Crippen LogP) is -2.41. The average molecular weight is 1580 g/mol. The van der Waals surface area contributed by atoms with Crippen LogP contribution in [0.3, 0.4) is 0 Å². The van der Waals surface area contributed by atoms with Crippen LogP contribution in [0, 0.1) is 13.8 Å². The van der Waals surface area contributed by atoms with Gasteiger partial charge in [-0.3, -0.25) is 60.5 Å². The quantitative estimate of drug-likeness (QED) is 0.0251. The van der Waals surface area contributed by atoms with Gasteiger partial charge < -0.3 is 88.9 Å². The number of ether oxygens (including phenoxy) is 3. The Bertz CT molecular complexity index is 4870. The number of fused-ring (bicyclic) bond motifs is 1. The predicted molar refractivity (Wildman–Crippen MR) is 344 cm³/mol. The van der Waals surface area contributed by atoms with E-state index in [1.165, 1.54) is 0 Å². The van der Waals surface area contributed by atoms with Gasteiger partial charge in [-0.25, -0.2) is 41.8 Å². The average Bonchev–Trinajstić information content (AvgIpc) is 1.65. The van der Waals surface area contributed by atoms with Crippen LogP contribution in [0.4, 0.5) is 0 Å². The third-order valence-electron chi connectivity index (χ3n) is 15.4. The first-order chi connectivity index (χ1) is 47.9. The number of nitrogens with zero attached hydrogens (tertiary/aromatic N) is 7. The van der Waals surface area contributed by atoms with Crippen molar-refractivity contribution in [3.63, 3.8) is 0 Å². The van der Waals surface area contributed by atoms with Gasteiger partial charge in [0.1, 0.15) is 54.9 Å². The SMILES string of the molecule is Cc1cccc(CCn2c(=O)ccn([C@@H]3O[C@H](COP(=O)(O)OP(=O)(O)O)[C@H](O)C3O)c2=O)c1.Cc1ccccc1CCn1c(=O)ccn([C@@H]2O[C@H](COP(=O)(O)OP(=O)(O)O)[C@H](O)C2O)c1=O.O=c1ccn([C@@H]2O[C@H](COP(=O)(O)OP(=O)(O)O)[C@H](O)C2O)c(=O)n1Cc1[nH]nc2ccccc12. The Labute approximate surface area is 576 Å². The second-order valence-electron chi connectivity index (χ2n) is 22.7. The number of hydrogen-bond donors (Lipinski definition) is 16. The number of benzene rings is 3. The summed E-state index contributed by atoms with van der Waals surface area (Å²) in [7, 11) is -31.8. The van der Waals surface area contributed by atoms with Crippen molar-refractivity contribution >= 4 is 57.8 Å². The number of aromatic amines is 1. The highest BCUT2D eigenvalue weighted by Crippen LogP contribution is 2.60. The number of para-hydroxylation sites is 1. The maximum absolute atomic E-state index is 13.1. The van der Waals surface area contributed by atoms with Gasteiger partial charge in [-0.1, -0.05) is 72.3 Å². The standard InChI is InChI=1S/2C18H24N2O12P2.C17H20N4O12P2/c1-11-3-2-4-12(9-11)5-7-19-14(21)6-8-20(18(19)24)17-16(23)15(22)13(31-17)10-30-34(28,29)32-33(25,26)27;1-11-4-2-3-5-12(11)6-8-19-14(21)7-9-20(18(19)24)17-16(23)15(22)13(31-17)10-30-34(28,29)32-33(25,26)27;22-13-5-6-20(17(25)21(13)7-11-9-3-1-2-4-10(9)18-19-11)16-15(24)14(23)12(32-16)8-31-35(29,30)33-34(26,27)28/h2-4,6,8-9,13,15-17,22-23H,5,7,10H2,1H3,(H,28,29)(H2,25,26,27);2-5,7,9,13,15-17,22-23H,6,8,10H2,1H3,(H,28,29)(H2,25,26,27);1-6,12,14-16,23-24H,7-8H2,(H,18,19)(H,29,30)(H2,26,27,28)/t2*13-,15+,16?,17-;12-,14+,15?,16-/m111/s1. The van der Waals surface area contributed by atoms with Gasteiger partial charge in [-0.05, 0) is 49.4 Å². The number of H-pyrrole nitrogens is 1. The lowest BCUT2D eigenvalue weighted by Gasteiger charge is -2.19. The first-order valence-corrected chi connectivity index (χ1v) is 38.8. The van der Waals surface area contributed by atoms with E-state index < -0.39 is 174 Å². The van der Waals surface area contributed by atoms with Gasteiger partial charge in [-0.15, -0.1) is 0 Å². The van der Waals surface area contributed by atoms with Crippen molar-refractivity contribution in [3.8, 4) is 0 Å². The number of phosphoric acid groups is 6. The molecule has 3 aliphatic heterocycles. The van der Waals surface area contributed by atoms with Crippen LogP contribution in [-0.2, 0) is 101 Å². The van der Waals surface area contributed by atoms with Crippen LogP contribution < -0.4 is 33.7 Å². The third kappa shape index (κ3) is 21.9. The molecule has 0 bridgehead atoms. The monoisotopic (exact) mass is 1580 g/mol. The zero-order valence-corrected chi connectivity index (χ0v) is 58.4. The molecular formula is C53H68N8O36P6. The topological polar surface area (TPSA) is 650 Å². The molecule has 0 radical (unpaired) electrons. The molecule has 15 atom stereocenters. The highest BCUT2D eigenvalue weighted by atomic mass is 31.3. The van der Waals surface area contributed by atoms with E-state index in [2.05, 4.69) is 36.7 Å². The normalized spacial score (nSPS) is 24.7. The molecule has 103 heavy (non-hydrogen) atoms. The van der Waals surface area contributed by atoms with E-state index in [9.17, 15) is 101 Å². The molecule has 3 aromatic carbocycles. The number of nitrogens with one attached hydrogen (secondary N) is 1. The number of aryl methyl sites for hydroxylation is 4. The molecular weight excluding hydrogens is 1510 g/mol. The van der Waals surface area contributed by atoms with Crippen molar-refractivity contribution in [1.82, 2.24) is 37.6 Å². The molecule has 10 rings (SSSR count). The van der Waals surface area contributed by atoms with Crippen LogP contribution in [0.15, 0.2) is 138 Å².